The molecule has 21 heavy (non-hydrogen) atoms. The standard InChI is InChI=1S/C13H9F2NO4S/c14-9-2-1-7(3-10(9)15)16-12(17)5-20-8-4-11(13(18)19)21-6-8/h1-4,6H,5H2,(H,16,17)(H,18,19). The van der Waals surface area contributed by atoms with E-state index in [0.29, 0.717) is 0 Å². The maximum atomic E-state index is 12.9. The van der Waals surface area contributed by atoms with E-state index in [1.165, 1.54) is 17.5 Å². The molecule has 2 N–H and O–H groups in total. The first kappa shape index (κ1) is 14.9. The number of carboxylic acids is 1. The van der Waals surface area contributed by atoms with Crippen LogP contribution < -0.4 is 10.1 Å². The third-order valence-electron chi connectivity index (χ3n) is 2.36. The van der Waals surface area contributed by atoms with Crippen molar-refractivity contribution >= 4 is 28.9 Å². The number of anilines is 1. The molecule has 0 unspecified atom stereocenters. The Kier molecular flexibility index (Phi) is 4.49. The van der Waals surface area contributed by atoms with Crippen LogP contribution in [0.5, 0.6) is 5.75 Å². The number of halogens is 2. The molecule has 1 amide bonds. The summed E-state index contributed by atoms with van der Waals surface area (Å²) in [4.78, 5) is 22.3. The van der Waals surface area contributed by atoms with Crippen LogP contribution in [0.25, 0.3) is 0 Å². The van der Waals surface area contributed by atoms with Crippen LogP contribution in [0.3, 0.4) is 0 Å². The Labute approximate surface area is 121 Å². The molecule has 0 aliphatic heterocycles. The molecule has 0 saturated heterocycles. The smallest absolute Gasteiger partial charge is 0.346 e. The second-order valence-corrected chi connectivity index (χ2v) is 4.83. The van der Waals surface area contributed by atoms with Crippen molar-refractivity contribution in [1.82, 2.24) is 0 Å². The van der Waals surface area contributed by atoms with E-state index in [1.807, 2.05) is 0 Å². The number of amides is 1. The molecular weight excluding hydrogens is 304 g/mol. The topological polar surface area (TPSA) is 75.6 Å². The van der Waals surface area contributed by atoms with Crippen LogP contribution >= 0.6 is 11.3 Å². The van der Waals surface area contributed by atoms with Gasteiger partial charge in [-0.15, -0.1) is 11.3 Å². The zero-order chi connectivity index (χ0) is 15.4. The van der Waals surface area contributed by atoms with Crippen molar-refractivity contribution in [3.05, 3.63) is 46.2 Å². The number of carbonyl (C=O) groups excluding carboxylic acids is 1. The normalized spacial score (nSPS) is 10.2. The summed E-state index contributed by atoms with van der Waals surface area (Å²) in [5, 5.41) is 12.5. The minimum Gasteiger partial charge on any atom is -0.483 e. The average molecular weight is 313 g/mol. The lowest BCUT2D eigenvalue weighted by atomic mass is 10.3. The van der Waals surface area contributed by atoms with Gasteiger partial charge in [0.1, 0.15) is 10.6 Å². The van der Waals surface area contributed by atoms with Crippen LogP contribution in [0.1, 0.15) is 9.67 Å². The SMILES string of the molecule is O=C(COc1csc(C(=O)O)c1)Nc1ccc(F)c(F)c1. The predicted molar refractivity (Wildman–Crippen MR) is 71.8 cm³/mol. The van der Waals surface area contributed by atoms with Gasteiger partial charge in [-0.05, 0) is 12.1 Å². The van der Waals surface area contributed by atoms with Crippen molar-refractivity contribution in [1.29, 1.82) is 0 Å². The third-order valence-corrected chi connectivity index (χ3v) is 3.26. The van der Waals surface area contributed by atoms with Crippen molar-refractivity contribution in [3.63, 3.8) is 0 Å². The van der Waals surface area contributed by atoms with E-state index in [-0.39, 0.29) is 22.9 Å². The van der Waals surface area contributed by atoms with Crippen molar-refractivity contribution in [2.24, 2.45) is 0 Å². The molecule has 8 heteroatoms. The van der Waals surface area contributed by atoms with Crippen molar-refractivity contribution in [2.45, 2.75) is 0 Å². The second-order valence-electron chi connectivity index (χ2n) is 3.92. The summed E-state index contributed by atoms with van der Waals surface area (Å²) in [6.45, 7) is -0.380. The summed E-state index contributed by atoms with van der Waals surface area (Å²) in [5.74, 6) is -3.50. The molecule has 0 saturated carbocycles. The molecular formula is C13H9F2NO4S. The van der Waals surface area contributed by atoms with Crippen LogP contribution in [0.2, 0.25) is 0 Å². The van der Waals surface area contributed by atoms with E-state index in [1.54, 1.807) is 0 Å². The zero-order valence-electron chi connectivity index (χ0n) is 10.4. The Hall–Kier alpha value is -2.48. The number of rotatable bonds is 5. The van der Waals surface area contributed by atoms with E-state index in [0.717, 1.165) is 23.5 Å². The molecule has 0 radical (unpaired) electrons. The number of benzene rings is 1. The first-order chi connectivity index (χ1) is 9.95. The van der Waals surface area contributed by atoms with E-state index >= 15 is 0 Å². The number of hydrogen-bond donors (Lipinski definition) is 2. The van der Waals surface area contributed by atoms with Gasteiger partial charge in [-0.2, -0.15) is 0 Å². The highest BCUT2D eigenvalue weighted by Crippen LogP contribution is 2.21. The number of hydrogen-bond acceptors (Lipinski definition) is 4. The Morgan fingerprint density at radius 2 is 2.00 bits per heavy atom. The lowest BCUT2D eigenvalue weighted by Gasteiger charge is -2.06. The molecule has 0 bridgehead atoms. The number of thiophene rings is 1. The summed E-state index contributed by atoms with van der Waals surface area (Å²) in [5.41, 5.74) is 0.0963. The second kappa shape index (κ2) is 6.31. The fraction of sp³-hybridized carbons (Fsp3) is 0.0769. The van der Waals surface area contributed by atoms with Crippen LogP contribution in [-0.2, 0) is 4.79 Å². The van der Waals surface area contributed by atoms with Crippen molar-refractivity contribution in [3.8, 4) is 5.75 Å². The number of aromatic carboxylic acids is 1. The van der Waals surface area contributed by atoms with Crippen molar-refractivity contribution in [2.75, 3.05) is 11.9 Å². The van der Waals surface area contributed by atoms with Gasteiger partial charge in [-0.25, -0.2) is 13.6 Å². The van der Waals surface area contributed by atoms with Gasteiger partial charge in [-0.1, -0.05) is 0 Å². The molecule has 1 heterocycles. The van der Waals surface area contributed by atoms with E-state index in [2.05, 4.69) is 5.32 Å². The summed E-state index contributed by atoms with van der Waals surface area (Å²) in [6, 6.07) is 4.24. The first-order valence-corrected chi connectivity index (χ1v) is 6.53. The molecule has 0 aliphatic carbocycles. The minimum absolute atomic E-state index is 0.0889. The summed E-state index contributed by atoms with van der Waals surface area (Å²) in [6.07, 6.45) is 0. The third kappa shape index (κ3) is 3.99. The summed E-state index contributed by atoms with van der Waals surface area (Å²) >= 11 is 0.969. The molecule has 1 aromatic carbocycles. The highest BCUT2D eigenvalue weighted by Gasteiger charge is 2.10. The van der Waals surface area contributed by atoms with Gasteiger partial charge in [0.15, 0.2) is 18.2 Å². The molecule has 2 aromatic rings. The van der Waals surface area contributed by atoms with Gasteiger partial charge < -0.3 is 15.2 Å². The van der Waals surface area contributed by atoms with E-state index in [4.69, 9.17) is 9.84 Å². The summed E-state index contributed by atoms with van der Waals surface area (Å²) in [7, 11) is 0. The van der Waals surface area contributed by atoms with Crippen LogP contribution in [0.4, 0.5) is 14.5 Å². The monoisotopic (exact) mass is 313 g/mol. The van der Waals surface area contributed by atoms with Crippen molar-refractivity contribution < 1.29 is 28.2 Å². The van der Waals surface area contributed by atoms with Gasteiger partial charge >= 0.3 is 5.97 Å². The Balaban J connectivity index is 1.89. The van der Waals surface area contributed by atoms with Crippen LogP contribution in [0.15, 0.2) is 29.6 Å². The van der Waals surface area contributed by atoms with E-state index in [9.17, 15) is 18.4 Å². The molecule has 0 fully saturated rings. The number of carbonyl (C=O) groups is 2. The maximum Gasteiger partial charge on any atom is 0.346 e. The first-order valence-electron chi connectivity index (χ1n) is 5.65. The van der Waals surface area contributed by atoms with Gasteiger partial charge in [-0.3, -0.25) is 4.79 Å². The Morgan fingerprint density at radius 3 is 2.62 bits per heavy atom. The minimum atomic E-state index is -1.08. The quantitative estimate of drug-likeness (QED) is 0.890. The summed E-state index contributed by atoms with van der Waals surface area (Å²) < 4.78 is 30.8. The highest BCUT2D eigenvalue weighted by atomic mass is 32.1. The Morgan fingerprint density at radius 1 is 1.24 bits per heavy atom. The molecule has 110 valence electrons. The number of nitrogens with one attached hydrogen (secondary N) is 1. The highest BCUT2D eigenvalue weighted by molar-refractivity contribution is 7.12. The largest absolute Gasteiger partial charge is 0.483 e. The number of ether oxygens (including phenoxy) is 1. The lowest BCUT2D eigenvalue weighted by Crippen LogP contribution is -2.20. The fourth-order valence-electron chi connectivity index (χ4n) is 1.43. The molecule has 0 spiro atoms. The van der Waals surface area contributed by atoms with Gasteiger partial charge in [0.25, 0.3) is 5.91 Å². The maximum absolute atomic E-state index is 12.9. The van der Waals surface area contributed by atoms with Crippen LogP contribution in [-0.4, -0.2) is 23.6 Å². The van der Waals surface area contributed by atoms with Crippen LogP contribution in [0, 0.1) is 11.6 Å². The van der Waals surface area contributed by atoms with E-state index < -0.39 is 23.5 Å². The fourth-order valence-corrected chi connectivity index (χ4v) is 2.09. The Bertz CT molecular complexity index is 687. The number of carboxylic acid groups (broad SMARTS) is 1. The predicted octanol–water partition coefficient (Wildman–Crippen LogP) is 2.74. The van der Waals surface area contributed by atoms with Gasteiger partial charge in [0.2, 0.25) is 0 Å². The van der Waals surface area contributed by atoms with Gasteiger partial charge in [0.05, 0.1) is 0 Å². The average Bonchev–Trinajstić information content (AvgIpc) is 2.90. The zero-order valence-corrected chi connectivity index (χ0v) is 11.2. The molecule has 0 atom stereocenters. The molecule has 5 nitrogen and oxygen atoms in total. The molecule has 0 aliphatic rings. The van der Waals surface area contributed by atoms with Gasteiger partial charge in [0, 0.05) is 23.2 Å². The molecule has 2 rings (SSSR count). The lowest BCUT2D eigenvalue weighted by molar-refractivity contribution is -0.118. The molecule has 1 aromatic heterocycles.